The molecule has 6 heteroatoms. The van der Waals surface area contributed by atoms with Gasteiger partial charge in [0.15, 0.2) is 0 Å². The van der Waals surface area contributed by atoms with Gasteiger partial charge in [0.2, 0.25) is 0 Å². The summed E-state index contributed by atoms with van der Waals surface area (Å²) in [5.41, 5.74) is -0.411. The van der Waals surface area contributed by atoms with Crippen molar-refractivity contribution in [3.8, 4) is 0 Å². The van der Waals surface area contributed by atoms with E-state index in [-0.39, 0.29) is 0 Å². The topological polar surface area (TPSA) is 34.9 Å². The Morgan fingerprint density at radius 3 is 2.71 bits per heavy atom. The first kappa shape index (κ1) is 10.7. The first-order valence-corrected chi connectivity index (χ1v) is 4.09. The van der Waals surface area contributed by atoms with Gasteiger partial charge in [0.05, 0.1) is 11.8 Å². The maximum atomic E-state index is 11.9. The number of alkyl halides is 3. The molecular formula is C8H9F3N2O. The fraction of sp³-hybridized carbons (Fsp3) is 0.500. The lowest BCUT2D eigenvalue weighted by atomic mass is 10.2. The van der Waals surface area contributed by atoms with Gasteiger partial charge in [-0.05, 0) is 6.42 Å². The molecule has 1 heterocycles. The van der Waals surface area contributed by atoms with Crippen LogP contribution in [-0.2, 0) is 6.54 Å². The van der Waals surface area contributed by atoms with Gasteiger partial charge in [-0.15, -0.1) is 0 Å². The van der Waals surface area contributed by atoms with Gasteiger partial charge >= 0.3 is 6.18 Å². The molecule has 1 aromatic heterocycles. The smallest absolute Gasteiger partial charge is 0.284 e. The molecule has 0 bridgehead atoms. The molecule has 0 atom stereocenters. The lowest BCUT2D eigenvalue weighted by Crippen LogP contribution is -2.22. The molecule has 0 aromatic carbocycles. The fourth-order valence-corrected chi connectivity index (χ4v) is 0.996. The van der Waals surface area contributed by atoms with Crippen molar-refractivity contribution in [1.82, 2.24) is 9.78 Å². The van der Waals surface area contributed by atoms with Crippen LogP contribution in [0.4, 0.5) is 13.2 Å². The normalized spacial score (nSPS) is 11.7. The van der Waals surface area contributed by atoms with E-state index in [0.717, 1.165) is 18.8 Å². The molecule has 0 N–H and O–H groups in total. The zero-order valence-corrected chi connectivity index (χ0v) is 7.51. The van der Waals surface area contributed by atoms with E-state index in [1.165, 1.54) is 4.68 Å². The number of hydrogen-bond donors (Lipinski definition) is 0. The Kier molecular flexibility index (Phi) is 2.93. The minimum atomic E-state index is -4.82. The third-order valence-corrected chi connectivity index (χ3v) is 1.61. The van der Waals surface area contributed by atoms with E-state index in [1.807, 2.05) is 6.92 Å². The van der Waals surface area contributed by atoms with Crippen LogP contribution in [0.3, 0.4) is 0 Å². The second-order valence-electron chi connectivity index (χ2n) is 2.82. The second-order valence-corrected chi connectivity index (χ2v) is 2.82. The molecule has 0 spiro atoms. The van der Waals surface area contributed by atoms with Crippen molar-refractivity contribution < 1.29 is 18.0 Å². The number of Topliss-reactive ketones (excluding diaryl/α,β-unsaturated/α-hetero) is 1. The Morgan fingerprint density at radius 1 is 1.57 bits per heavy atom. The Labute approximate surface area is 78.5 Å². The van der Waals surface area contributed by atoms with Crippen molar-refractivity contribution in [2.24, 2.45) is 0 Å². The zero-order chi connectivity index (χ0) is 10.8. The van der Waals surface area contributed by atoms with E-state index in [1.54, 1.807) is 0 Å². The van der Waals surface area contributed by atoms with Gasteiger partial charge < -0.3 is 0 Å². The largest absolute Gasteiger partial charge is 0.454 e. The Balaban J connectivity index is 2.82. The summed E-state index contributed by atoms with van der Waals surface area (Å²) < 4.78 is 37.1. The summed E-state index contributed by atoms with van der Waals surface area (Å²) in [6.07, 6.45) is -2.02. The standard InChI is InChI=1S/C8H9F3N2O/c1-2-3-13-5-6(4-12-13)7(14)8(9,10)11/h4-5H,2-3H2,1H3. The molecule has 0 unspecified atom stereocenters. The minimum Gasteiger partial charge on any atom is -0.284 e. The highest BCUT2D eigenvalue weighted by molar-refractivity contribution is 5.99. The zero-order valence-electron chi connectivity index (χ0n) is 7.51. The van der Waals surface area contributed by atoms with Gasteiger partial charge in [-0.25, -0.2) is 0 Å². The van der Waals surface area contributed by atoms with Crippen molar-refractivity contribution in [2.75, 3.05) is 0 Å². The van der Waals surface area contributed by atoms with Crippen molar-refractivity contribution in [3.63, 3.8) is 0 Å². The van der Waals surface area contributed by atoms with E-state index >= 15 is 0 Å². The van der Waals surface area contributed by atoms with Gasteiger partial charge in [0.25, 0.3) is 5.78 Å². The van der Waals surface area contributed by atoms with Crippen LogP contribution in [0.2, 0.25) is 0 Å². The monoisotopic (exact) mass is 206 g/mol. The molecule has 0 amide bonds. The molecule has 78 valence electrons. The molecule has 0 saturated heterocycles. The number of aromatic nitrogens is 2. The van der Waals surface area contributed by atoms with Crippen LogP contribution in [0.15, 0.2) is 12.4 Å². The predicted octanol–water partition coefficient (Wildman–Crippen LogP) is 2.04. The van der Waals surface area contributed by atoms with Crippen LogP contribution in [0.25, 0.3) is 0 Å². The first-order valence-electron chi connectivity index (χ1n) is 4.09. The van der Waals surface area contributed by atoms with Crippen LogP contribution >= 0.6 is 0 Å². The van der Waals surface area contributed by atoms with Crippen LogP contribution < -0.4 is 0 Å². The molecule has 14 heavy (non-hydrogen) atoms. The number of nitrogens with zero attached hydrogens (tertiary/aromatic N) is 2. The summed E-state index contributed by atoms with van der Waals surface area (Å²) in [6, 6.07) is 0. The van der Waals surface area contributed by atoms with E-state index in [2.05, 4.69) is 5.10 Å². The SMILES string of the molecule is CCCn1cc(C(=O)C(F)(F)F)cn1. The molecule has 0 aliphatic rings. The van der Waals surface area contributed by atoms with Crippen molar-refractivity contribution in [2.45, 2.75) is 26.1 Å². The lowest BCUT2D eigenvalue weighted by molar-refractivity contribution is -0.0885. The molecule has 0 radical (unpaired) electrons. The summed E-state index contributed by atoms with van der Waals surface area (Å²) in [5.74, 6) is -1.85. The summed E-state index contributed by atoms with van der Waals surface area (Å²) in [4.78, 5) is 10.7. The molecular weight excluding hydrogens is 197 g/mol. The van der Waals surface area contributed by atoms with Crippen molar-refractivity contribution in [1.29, 1.82) is 0 Å². The summed E-state index contributed by atoms with van der Waals surface area (Å²) >= 11 is 0. The average molecular weight is 206 g/mol. The average Bonchev–Trinajstić information content (AvgIpc) is 2.50. The highest BCUT2D eigenvalue weighted by atomic mass is 19.4. The quantitative estimate of drug-likeness (QED) is 0.709. The maximum Gasteiger partial charge on any atom is 0.454 e. The van der Waals surface area contributed by atoms with Gasteiger partial charge in [-0.2, -0.15) is 18.3 Å². The van der Waals surface area contributed by atoms with Crippen LogP contribution in [0, 0.1) is 0 Å². The van der Waals surface area contributed by atoms with Crippen molar-refractivity contribution in [3.05, 3.63) is 18.0 Å². The summed E-state index contributed by atoms with van der Waals surface area (Å²) in [7, 11) is 0. The number of hydrogen-bond acceptors (Lipinski definition) is 2. The van der Waals surface area contributed by atoms with E-state index < -0.39 is 17.5 Å². The molecule has 1 rings (SSSR count). The highest BCUT2D eigenvalue weighted by Gasteiger charge is 2.39. The predicted molar refractivity (Wildman–Crippen MR) is 42.9 cm³/mol. The Bertz CT molecular complexity index is 330. The van der Waals surface area contributed by atoms with Gasteiger partial charge in [0.1, 0.15) is 0 Å². The third-order valence-electron chi connectivity index (χ3n) is 1.61. The number of ketones is 1. The molecule has 0 saturated carbocycles. The Morgan fingerprint density at radius 2 is 2.21 bits per heavy atom. The molecule has 0 aliphatic heterocycles. The number of halogens is 3. The Hall–Kier alpha value is -1.33. The van der Waals surface area contributed by atoms with Crippen LogP contribution in [0.1, 0.15) is 23.7 Å². The van der Waals surface area contributed by atoms with Crippen LogP contribution in [0.5, 0.6) is 0 Å². The van der Waals surface area contributed by atoms with Crippen molar-refractivity contribution >= 4 is 5.78 Å². The minimum absolute atomic E-state index is 0.411. The number of aryl methyl sites for hydroxylation is 1. The molecule has 0 aliphatic carbocycles. The van der Waals surface area contributed by atoms with Crippen LogP contribution in [-0.4, -0.2) is 21.7 Å². The number of carbonyl (C=O) groups is 1. The second kappa shape index (κ2) is 3.81. The number of carbonyl (C=O) groups excluding carboxylic acids is 1. The molecule has 0 fully saturated rings. The fourth-order valence-electron chi connectivity index (χ4n) is 0.996. The third kappa shape index (κ3) is 2.34. The van der Waals surface area contributed by atoms with E-state index in [9.17, 15) is 18.0 Å². The van der Waals surface area contributed by atoms with E-state index in [4.69, 9.17) is 0 Å². The van der Waals surface area contributed by atoms with E-state index in [0.29, 0.717) is 6.54 Å². The first-order chi connectivity index (χ1) is 6.45. The summed E-state index contributed by atoms with van der Waals surface area (Å²) in [6.45, 7) is 2.37. The lowest BCUT2D eigenvalue weighted by Gasteiger charge is -2.01. The van der Waals surface area contributed by atoms with Gasteiger partial charge in [-0.1, -0.05) is 6.92 Å². The van der Waals surface area contributed by atoms with Gasteiger partial charge in [0, 0.05) is 12.7 Å². The highest BCUT2D eigenvalue weighted by Crippen LogP contribution is 2.20. The molecule has 3 nitrogen and oxygen atoms in total. The number of rotatable bonds is 3. The summed E-state index contributed by atoms with van der Waals surface area (Å²) in [5, 5.41) is 3.64. The maximum absolute atomic E-state index is 11.9. The van der Waals surface area contributed by atoms with Gasteiger partial charge in [-0.3, -0.25) is 9.48 Å². The molecule has 1 aromatic rings.